The topological polar surface area (TPSA) is 150 Å². The maximum atomic E-state index is 12.1. The van der Waals surface area contributed by atoms with E-state index in [0.29, 0.717) is 0 Å². The first-order chi connectivity index (χ1) is 17.7. The molecule has 5 unspecified atom stereocenters. The molecular formula is C26H40O12. The Morgan fingerprint density at radius 1 is 0.632 bits per heavy atom. The molecule has 0 spiro atoms. The van der Waals surface area contributed by atoms with E-state index >= 15 is 0 Å². The Kier molecular flexibility index (Phi) is 11.7. The van der Waals surface area contributed by atoms with Crippen molar-refractivity contribution in [3.05, 3.63) is 0 Å². The van der Waals surface area contributed by atoms with Gasteiger partial charge in [-0.1, -0.05) is 13.8 Å². The SMILES string of the molecule is CC(=O)CC1C(OC(C)=O)[C@H](O[C@@H]2OC(COC(C)=O)[C@@H](C)[C@@H](OC(C)=O)C2C)C(COC(C)=O)O[C@H]1C. The zero-order chi connectivity index (χ0) is 28.7. The molecule has 2 rings (SSSR count). The van der Waals surface area contributed by atoms with Crippen molar-refractivity contribution in [2.75, 3.05) is 13.2 Å². The molecule has 216 valence electrons. The molecule has 0 N–H and O–H groups in total. The van der Waals surface area contributed by atoms with Gasteiger partial charge in [0.1, 0.15) is 49.5 Å². The van der Waals surface area contributed by atoms with Gasteiger partial charge in [-0.05, 0) is 13.8 Å². The molecule has 0 aromatic heterocycles. The first kappa shape index (κ1) is 31.6. The van der Waals surface area contributed by atoms with Gasteiger partial charge in [-0.15, -0.1) is 0 Å². The largest absolute Gasteiger partial charge is 0.463 e. The highest BCUT2D eigenvalue weighted by Gasteiger charge is 2.52. The van der Waals surface area contributed by atoms with Crippen molar-refractivity contribution in [3.63, 3.8) is 0 Å². The van der Waals surface area contributed by atoms with E-state index < -0.39 is 78.6 Å². The summed E-state index contributed by atoms with van der Waals surface area (Å²) in [5, 5.41) is 0. The second-order valence-electron chi connectivity index (χ2n) is 10.1. The molecule has 12 nitrogen and oxygen atoms in total. The van der Waals surface area contributed by atoms with Crippen molar-refractivity contribution in [2.45, 2.75) is 105 Å². The van der Waals surface area contributed by atoms with Gasteiger partial charge < -0.3 is 38.0 Å². The summed E-state index contributed by atoms with van der Waals surface area (Å²) >= 11 is 0. The average molecular weight is 545 g/mol. The smallest absolute Gasteiger partial charge is 0.303 e. The fourth-order valence-corrected chi connectivity index (χ4v) is 5.01. The van der Waals surface area contributed by atoms with Crippen LogP contribution in [-0.2, 0) is 57.1 Å². The van der Waals surface area contributed by atoms with Gasteiger partial charge in [-0.2, -0.15) is 0 Å². The predicted octanol–water partition coefficient (Wildman–Crippen LogP) is 1.74. The van der Waals surface area contributed by atoms with E-state index in [-0.39, 0.29) is 31.3 Å². The van der Waals surface area contributed by atoms with E-state index in [2.05, 4.69) is 0 Å². The number of carbonyl (C=O) groups is 5. The van der Waals surface area contributed by atoms with E-state index in [1.165, 1.54) is 34.6 Å². The van der Waals surface area contributed by atoms with Crippen LogP contribution in [0.1, 0.15) is 61.8 Å². The van der Waals surface area contributed by atoms with Crippen LogP contribution >= 0.6 is 0 Å². The van der Waals surface area contributed by atoms with Crippen molar-refractivity contribution in [1.29, 1.82) is 0 Å². The Morgan fingerprint density at radius 3 is 1.66 bits per heavy atom. The molecule has 38 heavy (non-hydrogen) atoms. The fraction of sp³-hybridized carbons (Fsp3) is 0.808. The summed E-state index contributed by atoms with van der Waals surface area (Å²) in [6.45, 7) is 11.5. The number of Topliss-reactive ketones (excluding diaryl/α,β-unsaturated/α-hetero) is 1. The number of carbonyl (C=O) groups excluding carboxylic acids is 5. The van der Waals surface area contributed by atoms with Gasteiger partial charge in [-0.25, -0.2) is 0 Å². The normalized spacial score (nSPS) is 35.1. The second kappa shape index (κ2) is 14.0. The van der Waals surface area contributed by atoms with Crippen molar-refractivity contribution in [2.24, 2.45) is 17.8 Å². The van der Waals surface area contributed by atoms with Crippen LogP contribution in [0.3, 0.4) is 0 Å². The van der Waals surface area contributed by atoms with E-state index in [1.807, 2.05) is 6.92 Å². The van der Waals surface area contributed by atoms with Gasteiger partial charge in [0.2, 0.25) is 0 Å². The maximum Gasteiger partial charge on any atom is 0.303 e. The number of hydrogen-bond acceptors (Lipinski definition) is 12. The van der Waals surface area contributed by atoms with Crippen LogP contribution in [-0.4, -0.2) is 85.8 Å². The highest BCUT2D eigenvalue weighted by Crippen LogP contribution is 2.38. The van der Waals surface area contributed by atoms with Gasteiger partial charge in [-0.3, -0.25) is 19.2 Å². The highest BCUT2D eigenvalue weighted by molar-refractivity contribution is 5.76. The molecule has 2 fully saturated rings. The number of rotatable bonds is 10. The molecule has 0 radical (unpaired) electrons. The monoisotopic (exact) mass is 544 g/mol. The summed E-state index contributed by atoms with van der Waals surface area (Å²) in [7, 11) is 0. The first-order valence-electron chi connectivity index (χ1n) is 12.8. The molecule has 0 bridgehead atoms. The quantitative estimate of drug-likeness (QED) is 0.291. The first-order valence-corrected chi connectivity index (χ1v) is 12.8. The van der Waals surface area contributed by atoms with Crippen LogP contribution in [0, 0.1) is 17.8 Å². The lowest BCUT2D eigenvalue weighted by atomic mass is 9.83. The van der Waals surface area contributed by atoms with E-state index in [4.69, 9.17) is 33.2 Å². The Labute approximate surface area is 222 Å². The second-order valence-corrected chi connectivity index (χ2v) is 10.1. The summed E-state index contributed by atoms with van der Waals surface area (Å²) in [5.74, 6) is -3.65. The molecule has 10 atom stereocenters. The Hall–Kier alpha value is -2.57. The molecule has 0 saturated carbocycles. The minimum absolute atomic E-state index is 0.0581. The molecule has 0 aliphatic carbocycles. The van der Waals surface area contributed by atoms with Gasteiger partial charge in [0.05, 0.1) is 6.10 Å². The number of esters is 4. The summed E-state index contributed by atoms with van der Waals surface area (Å²) in [5.41, 5.74) is 0. The van der Waals surface area contributed by atoms with E-state index in [1.54, 1.807) is 13.8 Å². The molecule has 2 aliphatic rings. The van der Waals surface area contributed by atoms with Crippen LogP contribution in [0.2, 0.25) is 0 Å². The molecule has 2 aliphatic heterocycles. The van der Waals surface area contributed by atoms with Crippen LogP contribution in [0.25, 0.3) is 0 Å². The summed E-state index contributed by atoms with van der Waals surface area (Å²) in [6.07, 6.45) is -5.63. The van der Waals surface area contributed by atoms with E-state index in [0.717, 1.165) is 0 Å². The molecule has 12 heteroatoms. The molecule has 0 aromatic rings. The zero-order valence-corrected chi connectivity index (χ0v) is 23.3. The number of ketones is 1. The Balaban J connectivity index is 2.45. The number of ether oxygens (including phenoxy) is 7. The van der Waals surface area contributed by atoms with Crippen LogP contribution < -0.4 is 0 Å². The number of hydrogen-bond donors (Lipinski definition) is 0. The zero-order valence-electron chi connectivity index (χ0n) is 23.3. The molecule has 2 saturated heterocycles. The third kappa shape index (κ3) is 8.74. The molecule has 0 amide bonds. The fourth-order valence-electron chi connectivity index (χ4n) is 5.01. The lowest BCUT2D eigenvalue weighted by Gasteiger charge is -2.49. The van der Waals surface area contributed by atoms with Crippen molar-refractivity contribution in [1.82, 2.24) is 0 Å². The van der Waals surface area contributed by atoms with Crippen molar-refractivity contribution in [3.8, 4) is 0 Å². The van der Waals surface area contributed by atoms with Crippen molar-refractivity contribution >= 4 is 29.7 Å². The lowest BCUT2D eigenvalue weighted by molar-refractivity contribution is -0.321. The third-order valence-electron chi connectivity index (χ3n) is 6.79. The third-order valence-corrected chi connectivity index (χ3v) is 6.79. The predicted molar refractivity (Wildman–Crippen MR) is 129 cm³/mol. The molecular weight excluding hydrogens is 504 g/mol. The Morgan fingerprint density at radius 2 is 1.16 bits per heavy atom. The van der Waals surface area contributed by atoms with Crippen LogP contribution in [0.4, 0.5) is 0 Å². The summed E-state index contributed by atoms with van der Waals surface area (Å²) in [4.78, 5) is 59.1. The van der Waals surface area contributed by atoms with Crippen LogP contribution in [0.15, 0.2) is 0 Å². The average Bonchev–Trinajstić information content (AvgIpc) is 2.79. The van der Waals surface area contributed by atoms with Crippen LogP contribution in [0.5, 0.6) is 0 Å². The standard InChI is InChI=1S/C26H40O12/c1-12(27)9-20-15(4)34-22(11-33-17(6)29)25(24(20)36-19(8)31)38-26-14(3)23(35-18(7)30)13(2)21(37-26)10-32-16(5)28/h13-15,20-26H,9-11H2,1-8H3/t13-,14?,15+,20?,21?,22?,23-,24?,25-,26+/m1/s1. The Bertz CT molecular complexity index is 872. The minimum Gasteiger partial charge on any atom is -0.463 e. The lowest BCUT2D eigenvalue weighted by Crippen LogP contribution is -2.61. The summed E-state index contributed by atoms with van der Waals surface area (Å²) in [6, 6.07) is 0. The summed E-state index contributed by atoms with van der Waals surface area (Å²) < 4.78 is 40.3. The van der Waals surface area contributed by atoms with Crippen molar-refractivity contribution < 1.29 is 57.1 Å². The molecule has 0 aromatic carbocycles. The minimum atomic E-state index is -1.02. The van der Waals surface area contributed by atoms with E-state index in [9.17, 15) is 24.0 Å². The van der Waals surface area contributed by atoms with Gasteiger partial charge in [0.25, 0.3) is 0 Å². The maximum absolute atomic E-state index is 12.1. The molecule has 2 heterocycles. The van der Waals surface area contributed by atoms with Gasteiger partial charge >= 0.3 is 23.9 Å². The van der Waals surface area contributed by atoms with Gasteiger partial charge in [0, 0.05) is 51.9 Å². The van der Waals surface area contributed by atoms with Gasteiger partial charge in [0.15, 0.2) is 6.29 Å². The highest BCUT2D eigenvalue weighted by atomic mass is 16.7.